The van der Waals surface area contributed by atoms with Crippen molar-refractivity contribution in [3.8, 4) is 17.3 Å². The monoisotopic (exact) mass is 479 g/mol. The first-order valence-corrected chi connectivity index (χ1v) is 11.1. The van der Waals surface area contributed by atoms with Crippen LogP contribution in [0.2, 0.25) is 5.15 Å². The first kappa shape index (κ1) is 24.6. The molecular weight excluding hydrogens is 450 g/mol. The van der Waals surface area contributed by atoms with Crippen LogP contribution < -0.4 is 10.5 Å². The zero-order valence-electron chi connectivity index (χ0n) is 19.7. The fourth-order valence-electron chi connectivity index (χ4n) is 4.01. The molecule has 0 bridgehead atoms. The molecule has 0 aliphatic carbocycles. The van der Waals surface area contributed by atoms with Crippen LogP contribution in [0.3, 0.4) is 0 Å². The van der Waals surface area contributed by atoms with E-state index in [0.717, 1.165) is 0 Å². The maximum atomic E-state index is 12.0. The van der Waals surface area contributed by atoms with Gasteiger partial charge in [-0.25, -0.2) is 19.4 Å². The van der Waals surface area contributed by atoms with Crippen LogP contribution in [0.4, 0.5) is 10.6 Å². The molecule has 3 aromatic rings. The van der Waals surface area contributed by atoms with Gasteiger partial charge in [-0.15, -0.1) is 0 Å². The minimum atomic E-state index is -0.954. The molecule has 0 aliphatic heterocycles. The topological polar surface area (TPSA) is 145 Å². The van der Waals surface area contributed by atoms with Crippen molar-refractivity contribution >= 4 is 34.5 Å². The normalized spacial score (nSPS) is 13.0. The predicted molar refractivity (Wildman–Crippen MR) is 124 cm³/mol. The van der Waals surface area contributed by atoms with Gasteiger partial charge in [0.15, 0.2) is 28.2 Å². The minimum Gasteiger partial charge on any atom is -0.490 e. The molecule has 11 nitrogen and oxygen atoms in total. The average Bonchev–Trinajstić information content (AvgIpc) is 3.30. The van der Waals surface area contributed by atoms with E-state index in [1.165, 1.54) is 11.1 Å². The second-order valence-corrected chi connectivity index (χ2v) is 9.42. The lowest BCUT2D eigenvalue weighted by Crippen LogP contribution is -2.53. The summed E-state index contributed by atoms with van der Waals surface area (Å²) in [4.78, 5) is 22.2. The van der Waals surface area contributed by atoms with Gasteiger partial charge in [0.25, 0.3) is 0 Å². The molecule has 1 atom stereocenters. The molecule has 0 saturated carbocycles. The first-order valence-electron chi connectivity index (χ1n) is 10.8. The molecular formula is C21H30ClN7O4. The van der Waals surface area contributed by atoms with Gasteiger partial charge >= 0.3 is 6.09 Å². The number of imidazole rings is 1. The molecule has 3 heterocycles. The number of anilines is 1. The third-order valence-corrected chi connectivity index (χ3v) is 5.71. The van der Waals surface area contributed by atoms with Gasteiger partial charge in [-0.2, -0.15) is 0 Å². The Kier molecular flexibility index (Phi) is 7.01. The summed E-state index contributed by atoms with van der Waals surface area (Å²) in [6.45, 7) is 12.4. The van der Waals surface area contributed by atoms with Crippen LogP contribution >= 0.6 is 11.6 Å². The Morgan fingerprint density at radius 1 is 1.36 bits per heavy atom. The molecule has 0 saturated heterocycles. The number of nitrogen functional groups attached to an aromatic ring is 1. The molecule has 3 aromatic heterocycles. The maximum Gasteiger partial charge on any atom is 0.407 e. The zero-order chi connectivity index (χ0) is 24.5. The second kappa shape index (κ2) is 9.42. The molecule has 0 spiro atoms. The van der Waals surface area contributed by atoms with Crippen molar-refractivity contribution in [2.45, 2.75) is 66.1 Å². The Balaban J connectivity index is 1.93. The Labute approximate surface area is 196 Å². The number of carboxylic acid groups (broad SMARTS) is 1. The standard InChI is InChI=1S/C21H30ClN7O4/c1-7-28-16-13(32-9-8-12(11(2)3)29(20(30)31)21(4,5)6)10-24-17(22)14(16)25-19(28)15-18(23)27-33-26-15/h10-12H,7-9H2,1-6H3,(H2,23,27)(H,30,31)/t12-/m1/s1. The number of aryl methyl sites for hydroxylation is 1. The Morgan fingerprint density at radius 3 is 2.58 bits per heavy atom. The van der Waals surface area contributed by atoms with E-state index in [9.17, 15) is 9.90 Å². The van der Waals surface area contributed by atoms with Gasteiger partial charge in [-0.1, -0.05) is 25.4 Å². The third-order valence-electron chi connectivity index (χ3n) is 5.43. The summed E-state index contributed by atoms with van der Waals surface area (Å²) in [5, 5.41) is 17.5. The summed E-state index contributed by atoms with van der Waals surface area (Å²) in [5.74, 6) is 1.13. The number of carbonyl (C=O) groups is 1. The Hall–Kier alpha value is -3.08. The molecule has 0 fully saturated rings. The van der Waals surface area contributed by atoms with E-state index >= 15 is 0 Å². The number of hydrogen-bond donors (Lipinski definition) is 2. The fourth-order valence-corrected chi connectivity index (χ4v) is 4.19. The van der Waals surface area contributed by atoms with Gasteiger partial charge in [0.2, 0.25) is 0 Å². The van der Waals surface area contributed by atoms with E-state index in [0.29, 0.717) is 41.3 Å². The second-order valence-electron chi connectivity index (χ2n) is 9.06. The zero-order valence-corrected chi connectivity index (χ0v) is 20.4. The summed E-state index contributed by atoms with van der Waals surface area (Å²) < 4.78 is 12.7. The number of hydrogen-bond acceptors (Lipinski definition) is 8. The number of halogens is 1. The Bertz CT molecular complexity index is 1140. The highest BCUT2D eigenvalue weighted by molar-refractivity contribution is 6.34. The number of aromatic nitrogens is 5. The predicted octanol–water partition coefficient (Wildman–Crippen LogP) is 4.31. The van der Waals surface area contributed by atoms with Crippen molar-refractivity contribution in [2.24, 2.45) is 5.92 Å². The largest absolute Gasteiger partial charge is 0.490 e. The first-order chi connectivity index (χ1) is 15.5. The van der Waals surface area contributed by atoms with Crippen molar-refractivity contribution in [1.82, 2.24) is 29.7 Å². The third kappa shape index (κ3) is 4.82. The smallest absolute Gasteiger partial charge is 0.407 e. The summed E-state index contributed by atoms with van der Waals surface area (Å²) in [6.07, 6.45) is 1.08. The average molecular weight is 480 g/mol. The molecule has 0 aromatic carbocycles. The van der Waals surface area contributed by atoms with Crippen LogP contribution in [0.25, 0.3) is 22.6 Å². The molecule has 33 heavy (non-hydrogen) atoms. The highest BCUT2D eigenvalue weighted by Gasteiger charge is 2.35. The molecule has 12 heteroatoms. The highest BCUT2D eigenvalue weighted by atomic mass is 35.5. The SMILES string of the molecule is CCn1c(-c2nonc2N)nc2c(Cl)ncc(OCC[C@H](C(C)C)N(C(=O)O)C(C)(C)C)c21. The van der Waals surface area contributed by atoms with E-state index < -0.39 is 11.6 Å². The van der Waals surface area contributed by atoms with Gasteiger partial charge in [-0.3, -0.25) is 0 Å². The molecule has 180 valence electrons. The molecule has 3 N–H and O–H groups in total. The van der Waals surface area contributed by atoms with Crippen molar-refractivity contribution in [1.29, 1.82) is 0 Å². The Morgan fingerprint density at radius 2 is 2.06 bits per heavy atom. The molecule has 1 amide bonds. The number of rotatable bonds is 8. The number of amides is 1. The lowest BCUT2D eigenvalue weighted by molar-refractivity contribution is 0.0452. The van der Waals surface area contributed by atoms with Crippen molar-refractivity contribution in [2.75, 3.05) is 12.3 Å². The van der Waals surface area contributed by atoms with E-state index in [4.69, 9.17) is 26.7 Å². The van der Waals surface area contributed by atoms with E-state index in [2.05, 4.69) is 20.3 Å². The van der Waals surface area contributed by atoms with Crippen LogP contribution in [-0.2, 0) is 6.54 Å². The van der Waals surface area contributed by atoms with Crippen LogP contribution in [0.15, 0.2) is 10.8 Å². The van der Waals surface area contributed by atoms with Gasteiger partial charge in [0.1, 0.15) is 11.0 Å². The lowest BCUT2D eigenvalue weighted by Gasteiger charge is -2.41. The van der Waals surface area contributed by atoms with Crippen LogP contribution in [0.5, 0.6) is 5.75 Å². The molecule has 0 aliphatic rings. The van der Waals surface area contributed by atoms with Crippen molar-refractivity contribution in [3.05, 3.63) is 11.3 Å². The fraction of sp³-hybridized carbons (Fsp3) is 0.571. The number of fused-ring (bicyclic) bond motifs is 1. The summed E-state index contributed by atoms with van der Waals surface area (Å²) in [6, 6.07) is -0.231. The van der Waals surface area contributed by atoms with E-state index in [1.54, 1.807) is 0 Å². The van der Waals surface area contributed by atoms with Crippen LogP contribution in [-0.4, -0.2) is 59.1 Å². The molecule has 3 rings (SSSR count). The number of ether oxygens (including phenoxy) is 1. The van der Waals surface area contributed by atoms with E-state index in [1.807, 2.05) is 46.1 Å². The molecule has 0 unspecified atom stereocenters. The summed E-state index contributed by atoms with van der Waals surface area (Å²) >= 11 is 6.32. The summed E-state index contributed by atoms with van der Waals surface area (Å²) in [7, 11) is 0. The lowest BCUT2D eigenvalue weighted by atomic mass is 9.94. The van der Waals surface area contributed by atoms with Gasteiger partial charge in [0, 0.05) is 24.5 Å². The van der Waals surface area contributed by atoms with Gasteiger partial charge < -0.3 is 25.0 Å². The van der Waals surface area contributed by atoms with Crippen LogP contribution in [0, 0.1) is 5.92 Å². The number of nitrogens with two attached hydrogens (primary N) is 1. The molecule has 0 radical (unpaired) electrons. The van der Waals surface area contributed by atoms with Crippen molar-refractivity contribution in [3.63, 3.8) is 0 Å². The highest BCUT2D eigenvalue weighted by Crippen LogP contribution is 2.35. The van der Waals surface area contributed by atoms with Crippen LogP contribution in [0.1, 0.15) is 48.0 Å². The summed E-state index contributed by atoms with van der Waals surface area (Å²) in [5.41, 5.74) is 6.71. The number of pyridine rings is 1. The minimum absolute atomic E-state index is 0.0997. The maximum absolute atomic E-state index is 12.0. The van der Waals surface area contributed by atoms with Crippen molar-refractivity contribution < 1.29 is 19.3 Å². The number of nitrogens with zero attached hydrogens (tertiary/aromatic N) is 6. The van der Waals surface area contributed by atoms with Gasteiger partial charge in [-0.05, 0) is 43.9 Å². The van der Waals surface area contributed by atoms with Gasteiger partial charge in [0.05, 0.1) is 12.8 Å². The quantitative estimate of drug-likeness (QED) is 0.451. The van der Waals surface area contributed by atoms with E-state index in [-0.39, 0.29) is 29.5 Å².